The molecule has 0 radical (unpaired) electrons. The van der Waals surface area contributed by atoms with Crippen LogP contribution >= 0.6 is 0 Å². The van der Waals surface area contributed by atoms with Gasteiger partial charge in [0, 0.05) is 18.7 Å². The van der Waals surface area contributed by atoms with Crippen LogP contribution in [0.2, 0.25) is 0 Å². The highest BCUT2D eigenvalue weighted by Crippen LogP contribution is 2.18. The summed E-state index contributed by atoms with van der Waals surface area (Å²) in [4.78, 5) is 28.0. The molecule has 1 atom stereocenters. The van der Waals surface area contributed by atoms with Gasteiger partial charge in [-0.05, 0) is 41.9 Å². The van der Waals surface area contributed by atoms with Crippen LogP contribution in [0.3, 0.4) is 0 Å². The van der Waals surface area contributed by atoms with Crippen LogP contribution in [0.25, 0.3) is 0 Å². The van der Waals surface area contributed by atoms with Crippen molar-refractivity contribution in [3.8, 4) is 0 Å². The van der Waals surface area contributed by atoms with Gasteiger partial charge in [0.2, 0.25) is 5.91 Å². The first-order valence-electron chi connectivity index (χ1n) is 11.6. The predicted molar refractivity (Wildman–Crippen MR) is 133 cm³/mol. The lowest BCUT2D eigenvalue weighted by Crippen LogP contribution is -2.34. The summed E-state index contributed by atoms with van der Waals surface area (Å²) in [5.41, 5.74) is 3.81. The van der Waals surface area contributed by atoms with Gasteiger partial charge in [0.15, 0.2) is 0 Å². The van der Waals surface area contributed by atoms with Crippen molar-refractivity contribution in [2.24, 2.45) is 0 Å². The Morgan fingerprint density at radius 3 is 2.00 bits per heavy atom. The molecule has 1 unspecified atom stereocenters. The Hall–Kier alpha value is -3.44. The third kappa shape index (κ3) is 7.29. The molecule has 0 heterocycles. The Balaban J connectivity index is 1.66. The summed E-state index contributed by atoms with van der Waals surface area (Å²) in [6.07, 6.45) is 0.167. The molecule has 3 aromatic rings. The molecule has 0 saturated carbocycles. The van der Waals surface area contributed by atoms with Gasteiger partial charge < -0.3 is 10.6 Å². The molecular formula is C28H33N3O2. The number of hydrogen-bond acceptors (Lipinski definition) is 3. The molecule has 33 heavy (non-hydrogen) atoms. The van der Waals surface area contributed by atoms with Gasteiger partial charge in [-0.1, -0.05) is 86.6 Å². The SMILES string of the molecule is CCN(CC)Cc1ccccc1CNC(=O)CC(NC(=O)c1ccccc1)c1ccccc1. The third-order valence-electron chi connectivity index (χ3n) is 5.82. The highest BCUT2D eigenvalue weighted by Gasteiger charge is 2.19. The van der Waals surface area contributed by atoms with Crippen LogP contribution in [0.1, 0.15) is 53.4 Å². The van der Waals surface area contributed by atoms with Gasteiger partial charge in [-0.25, -0.2) is 0 Å². The molecule has 3 rings (SSSR count). The second kappa shape index (κ2) is 12.6. The molecule has 0 bridgehead atoms. The van der Waals surface area contributed by atoms with Crippen LogP contribution in [0.5, 0.6) is 0 Å². The van der Waals surface area contributed by atoms with E-state index in [-0.39, 0.29) is 18.2 Å². The fourth-order valence-electron chi connectivity index (χ4n) is 3.79. The summed E-state index contributed by atoms with van der Waals surface area (Å²) in [6, 6.07) is 26.5. The first kappa shape index (κ1) is 24.2. The summed E-state index contributed by atoms with van der Waals surface area (Å²) in [5.74, 6) is -0.295. The average Bonchev–Trinajstić information content (AvgIpc) is 2.87. The normalized spacial score (nSPS) is 11.7. The fraction of sp³-hybridized carbons (Fsp3) is 0.286. The van der Waals surface area contributed by atoms with Gasteiger partial charge in [-0.2, -0.15) is 0 Å². The number of nitrogens with zero attached hydrogens (tertiary/aromatic N) is 1. The second-order valence-corrected chi connectivity index (χ2v) is 8.01. The highest BCUT2D eigenvalue weighted by atomic mass is 16.2. The zero-order valence-corrected chi connectivity index (χ0v) is 19.5. The maximum absolute atomic E-state index is 12.9. The number of carbonyl (C=O) groups excluding carboxylic acids is 2. The van der Waals surface area contributed by atoms with Gasteiger partial charge in [0.25, 0.3) is 5.91 Å². The molecule has 5 nitrogen and oxygen atoms in total. The molecule has 172 valence electrons. The lowest BCUT2D eigenvalue weighted by Gasteiger charge is -2.21. The number of amides is 2. The Kier molecular flexibility index (Phi) is 9.21. The van der Waals surface area contributed by atoms with E-state index in [0.717, 1.165) is 30.8 Å². The topological polar surface area (TPSA) is 61.4 Å². The fourth-order valence-corrected chi connectivity index (χ4v) is 3.79. The van der Waals surface area contributed by atoms with E-state index < -0.39 is 6.04 Å². The van der Waals surface area contributed by atoms with E-state index in [1.807, 2.05) is 60.7 Å². The summed E-state index contributed by atoms with van der Waals surface area (Å²) in [6.45, 7) is 7.60. The molecule has 0 aliphatic rings. The first-order valence-corrected chi connectivity index (χ1v) is 11.6. The summed E-state index contributed by atoms with van der Waals surface area (Å²) in [7, 11) is 0. The maximum atomic E-state index is 12.9. The van der Waals surface area contributed by atoms with E-state index >= 15 is 0 Å². The number of carbonyl (C=O) groups is 2. The molecular weight excluding hydrogens is 410 g/mol. The molecule has 2 amide bonds. The quantitative estimate of drug-likeness (QED) is 0.451. The largest absolute Gasteiger partial charge is 0.352 e. The Morgan fingerprint density at radius 2 is 1.36 bits per heavy atom. The summed E-state index contributed by atoms with van der Waals surface area (Å²) >= 11 is 0. The van der Waals surface area contributed by atoms with Crippen molar-refractivity contribution in [3.05, 3.63) is 107 Å². The van der Waals surface area contributed by atoms with E-state index in [0.29, 0.717) is 12.1 Å². The van der Waals surface area contributed by atoms with E-state index in [9.17, 15) is 9.59 Å². The van der Waals surface area contributed by atoms with Gasteiger partial charge in [0.05, 0.1) is 12.5 Å². The summed E-state index contributed by atoms with van der Waals surface area (Å²) < 4.78 is 0. The van der Waals surface area contributed by atoms with Crippen molar-refractivity contribution >= 4 is 11.8 Å². The van der Waals surface area contributed by atoms with Gasteiger partial charge in [-0.15, -0.1) is 0 Å². The van der Waals surface area contributed by atoms with Gasteiger partial charge in [0.1, 0.15) is 0 Å². The minimum Gasteiger partial charge on any atom is -0.352 e. The Bertz CT molecular complexity index is 1020. The van der Waals surface area contributed by atoms with Crippen LogP contribution in [-0.4, -0.2) is 29.8 Å². The lowest BCUT2D eigenvalue weighted by molar-refractivity contribution is -0.121. The summed E-state index contributed by atoms with van der Waals surface area (Å²) in [5, 5.41) is 6.08. The highest BCUT2D eigenvalue weighted by molar-refractivity contribution is 5.94. The maximum Gasteiger partial charge on any atom is 0.251 e. The van der Waals surface area contributed by atoms with Crippen molar-refractivity contribution in [2.75, 3.05) is 13.1 Å². The van der Waals surface area contributed by atoms with Crippen LogP contribution in [0.15, 0.2) is 84.9 Å². The number of hydrogen-bond donors (Lipinski definition) is 2. The van der Waals surface area contributed by atoms with Crippen molar-refractivity contribution in [3.63, 3.8) is 0 Å². The van der Waals surface area contributed by atoms with Gasteiger partial charge in [-0.3, -0.25) is 14.5 Å². The monoisotopic (exact) mass is 443 g/mol. The minimum absolute atomic E-state index is 0.102. The van der Waals surface area contributed by atoms with Crippen LogP contribution in [0.4, 0.5) is 0 Å². The van der Waals surface area contributed by atoms with E-state index in [2.05, 4.69) is 41.5 Å². The van der Waals surface area contributed by atoms with Crippen LogP contribution in [-0.2, 0) is 17.9 Å². The molecule has 0 aliphatic heterocycles. The molecule has 0 spiro atoms. The van der Waals surface area contributed by atoms with Crippen molar-refractivity contribution in [1.82, 2.24) is 15.5 Å². The number of rotatable bonds is 11. The standard InChI is InChI=1S/C28H33N3O2/c1-3-31(4-2)21-25-18-12-11-17-24(25)20-29-27(32)19-26(22-13-7-5-8-14-22)30-28(33)23-15-9-6-10-16-23/h5-18,26H,3-4,19-21H2,1-2H3,(H,29,32)(H,30,33). The third-order valence-corrected chi connectivity index (χ3v) is 5.82. The molecule has 2 N–H and O–H groups in total. The molecule has 0 fully saturated rings. The minimum atomic E-state index is -0.412. The number of nitrogens with one attached hydrogen (secondary N) is 2. The first-order chi connectivity index (χ1) is 16.1. The molecule has 3 aromatic carbocycles. The molecule has 0 saturated heterocycles. The zero-order chi connectivity index (χ0) is 23.5. The average molecular weight is 444 g/mol. The van der Waals surface area contributed by atoms with Crippen LogP contribution in [0, 0.1) is 0 Å². The molecule has 0 aliphatic carbocycles. The van der Waals surface area contributed by atoms with Crippen LogP contribution < -0.4 is 10.6 Å². The molecule has 0 aromatic heterocycles. The predicted octanol–water partition coefficient (Wildman–Crippen LogP) is 4.71. The Labute approximate surface area is 196 Å². The van der Waals surface area contributed by atoms with E-state index in [4.69, 9.17) is 0 Å². The van der Waals surface area contributed by atoms with Crippen molar-refractivity contribution < 1.29 is 9.59 Å². The zero-order valence-electron chi connectivity index (χ0n) is 19.5. The smallest absolute Gasteiger partial charge is 0.251 e. The van der Waals surface area contributed by atoms with E-state index in [1.165, 1.54) is 5.56 Å². The van der Waals surface area contributed by atoms with Crippen molar-refractivity contribution in [2.45, 2.75) is 39.4 Å². The van der Waals surface area contributed by atoms with Gasteiger partial charge >= 0.3 is 0 Å². The number of benzene rings is 3. The Morgan fingerprint density at radius 1 is 0.788 bits per heavy atom. The second-order valence-electron chi connectivity index (χ2n) is 8.01. The lowest BCUT2D eigenvalue weighted by atomic mass is 10.0. The van der Waals surface area contributed by atoms with Crippen molar-refractivity contribution in [1.29, 1.82) is 0 Å². The van der Waals surface area contributed by atoms with E-state index in [1.54, 1.807) is 12.1 Å². The molecule has 5 heteroatoms.